The number of carbonyl (C=O) groups excluding carboxylic acids is 1. The maximum Gasteiger partial charge on any atom is 0.163 e. The van der Waals surface area contributed by atoms with Gasteiger partial charge in [-0.15, -0.1) is 0 Å². The van der Waals surface area contributed by atoms with Gasteiger partial charge in [-0.05, 0) is 49.1 Å². The largest absolute Gasteiger partial charge is 0.496 e. The Morgan fingerprint density at radius 3 is 2.40 bits per heavy atom. The van der Waals surface area contributed by atoms with Crippen molar-refractivity contribution in [3.63, 3.8) is 0 Å². The van der Waals surface area contributed by atoms with Crippen LogP contribution in [0.15, 0.2) is 42.5 Å². The lowest BCUT2D eigenvalue weighted by Gasteiger charge is -2.11. The van der Waals surface area contributed by atoms with Crippen LogP contribution in [0.5, 0.6) is 5.75 Å². The second-order valence-corrected chi connectivity index (χ2v) is 4.68. The molecular weight excluding hydrogens is 255 g/mol. The maximum atomic E-state index is 12.9. The molecule has 0 aliphatic carbocycles. The fourth-order valence-corrected chi connectivity index (χ4v) is 2.28. The lowest BCUT2D eigenvalue weighted by Crippen LogP contribution is -2.04. The minimum absolute atomic E-state index is 0.00319. The first-order chi connectivity index (χ1) is 9.61. The Kier molecular flexibility index (Phi) is 4.51. The van der Waals surface area contributed by atoms with Gasteiger partial charge in [0.1, 0.15) is 11.6 Å². The van der Waals surface area contributed by atoms with Gasteiger partial charge in [-0.2, -0.15) is 0 Å². The molecule has 2 nitrogen and oxygen atoms in total. The number of ketones is 1. The number of hydrogen-bond acceptors (Lipinski definition) is 2. The number of aryl methyl sites for hydroxylation is 2. The quantitative estimate of drug-likeness (QED) is 0.773. The van der Waals surface area contributed by atoms with Gasteiger partial charge in [-0.3, -0.25) is 4.79 Å². The summed E-state index contributed by atoms with van der Waals surface area (Å²) in [6.07, 6.45) is 1.48. The molecule has 0 saturated heterocycles. The van der Waals surface area contributed by atoms with Crippen LogP contribution in [0.3, 0.4) is 0 Å². The summed E-state index contributed by atoms with van der Waals surface area (Å²) in [6, 6.07) is 12.0. The molecule has 20 heavy (non-hydrogen) atoms. The molecule has 0 N–H and O–H groups in total. The van der Waals surface area contributed by atoms with Crippen LogP contribution in [-0.4, -0.2) is 12.9 Å². The van der Waals surface area contributed by atoms with E-state index in [1.54, 1.807) is 32.2 Å². The third-order valence-corrected chi connectivity index (χ3v) is 3.28. The monoisotopic (exact) mass is 272 g/mol. The third-order valence-electron chi connectivity index (χ3n) is 3.28. The van der Waals surface area contributed by atoms with Crippen LogP contribution < -0.4 is 4.74 Å². The lowest BCUT2D eigenvalue weighted by atomic mass is 9.97. The van der Waals surface area contributed by atoms with Crippen molar-refractivity contribution in [2.24, 2.45) is 0 Å². The van der Waals surface area contributed by atoms with E-state index in [9.17, 15) is 9.18 Å². The number of halogens is 1. The molecule has 0 heterocycles. The Balaban J connectivity index is 2.21. The van der Waals surface area contributed by atoms with E-state index in [4.69, 9.17) is 4.74 Å². The summed E-state index contributed by atoms with van der Waals surface area (Å²) in [6.45, 7) is 1.54. The molecule has 3 heteroatoms. The molecule has 0 spiro atoms. The summed E-state index contributed by atoms with van der Waals surface area (Å²) in [4.78, 5) is 11.8. The van der Waals surface area contributed by atoms with E-state index in [2.05, 4.69) is 0 Å². The number of methoxy groups -OCH3 is 1. The fourth-order valence-electron chi connectivity index (χ4n) is 2.28. The lowest BCUT2D eigenvalue weighted by molar-refractivity contribution is 0.101. The van der Waals surface area contributed by atoms with Gasteiger partial charge < -0.3 is 4.74 Å². The van der Waals surface area contributed by atoms with Crippen molar-refractivity contribution in [1.82, 2.24) is 0 Å². The Hall–Kier alpha value is -2.16. The number of rotatable bonds is 5. The van der Waals surface area contributed by atoms with E-state index < -0.39 is 0 Å². The Morgan fingerprint density at radius 2 is 1.80 bits per heavy atom. The number of Topliss-reactive ketones (excluding diaryl/α,β-unsaturated/α-hetero) is 1. The van der Waals surface area contributed by atoms with Crippen LogP contribution in [0.2, 0.25) is 0 Å². The Labute approximate surface area is 118 Å². The molecule has 0 aliphatic rings. The fraction of sp³-hybridized carbons (Fsp3) is 0.235. The van der Waals surface area contributed by atoms with Crippen molar-refractivity contribution >= 4 is 5.78 Å². The Bertz CT molecular complexity index is 603. The highest BCUT2D eigenvalue weighted by atomic mass is 19.1. The number of benzene rings is 2. The number of hydrogen-bond donors (Lipinski definition) is 0. The van der Waals surface area contributed by atoms with Crippen LogP contribution in [0.25, 0.3) is 0 Å². The van der Waals surface area contributed by atoms with Gasteiger partial charge in [0.05, 0.1) is 12.7 Å². The molecule has 0 atom stereocenters. The highest BCUT2D eigenvalue weighted by molar-refractivity contribution is 5.98. The highest BCUT2D eigenvalue weighted by Crippen LogP contribution is 2.24. The molecule has 0 aromatic heterocycles. The summed E-state index contributed by atoms with van der Waals surface area (Å²) in [5.41, 5.74) is 2.64. The van der Waals surface area contributed by atoms with Gasteiger partial charge in [0.15, 0.2) is 5.78 Å². The number of ether oxygens (including phenoxy) is 1. The summed E-state index contributed by atoms with van der Waals surface area (Å²) >= 11 is 0. The predicted octanol–water partition coefficient (Wildman–Crippen LogP) is 3.82. The SMILES string of the molecule is COc1cccc(CCc2ccc(F)cc2)c1C(C)=O. The first kappa shape index (κ1) is 14.3. The highest BCUT2D eigenvalue weighted by Gasteiger charge is 2.13. The minimum atomic E-state index is -0.237. The van der Waals surface area contributed by atoms with Crippen LogP contribution in [0, 0.1) is 5.82 Å². The molecule has 0 saturated carbocycles. The van der Waals surface area contributed by atoms with Crippen molar-refractivity contribution in [1.29, 1.82) is 0 Å². The molecule has 2 aromatic rings. The smallest absolute Gasteiger partial charge is 0.163 e. The molecule has 0 unspecified atom stereocenters. The zero-order valence-electron chi connectivity index (χ0n) is 11.7. The van der Waals surface area contributed by atoms with Crippen LogP contribution in [0.1, 0.15) is 28.4 Å². The van der Waals surface area contributed by atoms with E-state index >= 15 is 0 Å². The average molecular weight is 272 g/mol. The van der Waals surface area contributed by atoms with E-state index in [1.165, 1.54) is 12.1 Å². The summed E-state index contributed by atoms with van der Waals surface area (Å²) in [5.74, 6) is 0.366. The van der Waals surface area contributed by atoms with Crippen molar-refractivity contribution in [2.75, 3.05) is 7.11 Å². The summed E-state index contributed by atoms with van der Waals surface area (Å²) < 4.78 is 18.1. The molecule has 0 amide bonds. The third kappa shape index (κ3) is 3.23. The minimum Gasteiger partial charge on any atom is -0.496 e. The molecule has 0 fully saturated rings. The standard InChI is InChI=1S/C17H17FO2/c1-12(19)17-14(4-3-5-16(17)20-2)9-6-13-7-10-15(18)11-8-13/h3-5,7-8,10-11H,6,9H2,1-2H3. The normalized spacial score (nSPS) is 10.3. The second-order valence-electron chi connectivity index (χ2n) is 4.68. The molecule has 104 valence electrons. The molecule has 0 bridgehead atoms. The van der Waals surface area contributed by atoms with E-state index in [0.29, 0.717) is 11.3 Å². The van der Waals surface area contributed by atoms with Gasteiger partial charge in [-0.1, -0.05) is 24.3 Å². The average Bonchev–Trinajstić information content (AvgIpc) is 2.46. The maximum absolute atomic E-state index is 12.9. The van der Waals surface area contributed by atoms with Crippen LogP contribution in [0.4, 0.5) is 4.39 Å². The van der Waals surface area contributed by atoms with Crippen molar-refractivity contribution in [3.05, 3.63) is 65.0 Å². The zero-order chi connectivity index (χ0) is 14.5. The summed E-state index contributed by atoms with van der Waals surface area (Å²) in [5, 5.41) is 0. The first-order valence-electron chi connectivity index (χ1n) is 6.53. The summed E-state index contributed by atoms with van der Waals surface area (Å²) in [7, 11) is 1.56. The van der Waals surface area contributed by atoms with Crippen molar-refractivity contribution in [2.45, 2.75) is 19.8 Å². The van der Waals surface area contributed by atoms with E-state index in [0.717, 1.165) is 24.0 Å². The Morgan fingerprint density at radius 1 is 1.10 bits per heavy atom. The van der Waals surface area contributed by atoms with Crippen LogP contribution >= 0.6 is 0 Å². The zero-order valence-corrected chi connectivity index (χ0v) is 11.7. The van der Waals surface area contributed by atoms with Gasteiger partial charge in [0, 0.05) is 0 Å². The molecular formula is C17H17FO2. The second kappa shape index (κ2) is 6.33. The molecule has 0 aliphatic heterocycles. The van der Waals surface area contributed by atoms with Gasteiger partial charge in [0.2, 0.25) is 0 Å². The molecule has 2 aromatic carbocycles. The van der Waals surface area contributed by atoms with E-state index in [-0.39, 0.29) is 11.6 Å². The van der Waals surface area contributed by atoms with E-state index in [1.807, 2.05) is 12.1 Å². The van der Waals surface area contributed by atoms with Gasteiger partial charge >= 0.3 is 0 Å². The van der Waals surface area contributed by atoms with Crippen LogP contribution in [-0.2, 0) is 12.8 Å². The predicted molar refractivity (Wildman–Crippen MR) is 76.8 cm³/mol. The van der Waals surface area contributed by atoms with Crippen molar-refractivity contribution in [3.8, 4) is 5.75 Å². The number of carbonyl (C=O) groups is 1. The topological polar surface area (TPSA) is 26.3 Å². The molecule has 2 rings (SSSR count). The van der Waals surface area contributed by atoms with Crippen molar-refractivity contribution < 1.29 is 13.9 Å². The molecule has 0 radical (unpaired) electrons. The first-order valence-corrected chi connectivity index (χ1v) is 6.53. The van der Waals surface area contributed by atoms with Gasteiger partial charge in [-0.25, -0.2) is 4.39 Å². The van der Waals surface area contributed by atoms with Gasteiger partial charge in [0.25, 0.3) is 0 Å².